The Hall–Kier alpha value is -1.92. The number of carbonyl (C=O) groups is 1. The molecule has 3 N–H and O–H groups in total. The number of hydrogen-bond acceptors (Lipinski definition) is 4. The molecule has 0 atom stereocenters. The molecular formula is C7H8FN3O3. The molecule has 0 aliphatic heterocycles. The van der Waals surface area contributed by atoms with Crippen LogP contribution < -0.4 is 10.9 Å². The predicted octanol–water partition coefficient (Wildman–Crippen LogP) is -0.286. The van der Waals surface area contributed by atoms with Gasteiger partial charge in [-0.15, -0.1) is 0 Å². The molecule has 0 amide bonds. The van der Waals surface area contributed by atoms with E-state index in [1.807, 2.05) is 0 Å². The summed E-state index contributed by atoms with van der Waals surface area (Å²) in [5, 5.41) is 10.5. The second-order valence-electron chi connectivity index (χ2n) is 2.58. The average molecular weight is 201 g/mol. The molecule has 0 bridgehead atoms. The number of halogens is 1. The fourth-order valence-electron chi connectivity index (χ4n) is 0.748. The molecule has 7 heteroatoms. The van der Waals surface area contributed by atoms with E-state index in [2.05, 4.69) is 15.3 Å². The highest BCUT2D eigenvalue weighted by Gasteiger charge is 2.06. The van der Waals surface area contributed by atoms with Crippen LogP contribution in [0.5, 0.6) is 0 Å². The van der Waals surface area contributed by atoms with E-state index in [0.29, 0.717) is 0 Å². The van der Waals surface area contributed by atoms with Crippen molar-refractivity contribution in [3.05, 3.63) is 21.9 Å². The molecule has 0 spiro atoms. The van der Waals surface area contributed by atoms with Crippen molar-refractivity contribution in [3.8, 4) is 0 Å². The highest BCUT2D eigenvalue weighted by molar-refractivity contribution is 5.71. The van der Waals surface area contributed by atoms with Crippen molar-refractivity contribution in [2.45, 2.75) is 6.92 Å². The van der Waals surface area contributed by atoms with Crippen molar-refractivity contribution in [2.24, 2.45) is 0 Å². The molecule has 0 radical (unpaired) electrons. The van der Waals surface area contributed by atoms with Crippen molar-refractivity contribution in [1.82, 2.24) is 9.97 Å². The summed E-state index contributed by atoms with van der Waals surface area (Å²) in [7, 11) is 0. The third kappa shape index (κ3) is 2.28. The van der Waals surface area contributed by atoms with Crippen LogP contribution in [0.2, 0.25) is 0 Å². The summed E-state index contributed by atoms with van der Waals surface area (Å²) in [6, 6.07) is 0. The van der Waals surface area contributed by atoms with Gasteiger partial charge in [0.1, 0.15) is 6.54 Å². The summed E-state index contributed by atoms with van der Waals surface area (Å²) < 4.78 is 12.8. The maximum absolute atomic E-state index is 12.8. The number of nitrogens with zero attached hydrogens (tertiary/aromatic N) is 1. The zero-order valence-corrected chi connectivity index (χ0v) is 7.30. The van der Waals surface area contributed by atoms with Gasteiger partial charge >= 0.3 is 5.97 Å². The maximum Gasteiger partial charge on any atom is 0.322 e. The van der Waals surface area contributed by atoms with Gasteiger partial charge in [-0.3, -0.25) is 14.6 Å². The van der Waals surface area contributed by atoms with Gasteiger partial charge < -0.3 is 10.4 Å². The molecule has 0 unspecified atom stereocenters. The molecule has 76 valence electrons. The zero-order chi connectivity index (χ0) is 10.7. The molecule has 0 aromatic carbocycles. The van der Waals surface area contributed by atoms with Crippen LogP contribution in [0, 0.1) is 12.9 Å². The van der Waals surface area contributed by atoms with Gasteiger partial charge in [-0.2, -0.15) is 9.37 Å². The van der Waals surface area contributed by atoms with E-state index in [1.165, 1.54) is 6.92 Å². The Kier molecular flexibility index (Phi) is 2.80. The minimum atomic E-state index is -1.13. The summed E-state index contributed by atoms with van der Waals surface area (Å²) in [4.78, 5) is 26.6. The Labute approximate surface area is 77.8 Å². The Balaban J connectivity index is 2.90. The highest BCUT2D eigenvalue weighted by Crippen LogP contribution is 1.99. The van der Waals surface area contributed by atoms with E-state index in [0.717, 1.165) is 0 Å². The van der Waals surface area contributed by atoms with Crippen LogP contribution in [-0.4, -0.2) is 27.6 Å². The molecule has 0 fully saturated rings. The van der Waals surface area contributed by atoms with Crippen molar-refractivity contribution in [2.75, 3.05) is 11.9 Å². The van der Waals surface area contributed by atoms with Crippen LogP contribution in [0.1, 0.15) is 5.56 Å². The fourth-order valence-corrected chi connectivity index (χ4v) is 0.748. The summed E-state index contributed by atoms with van der Waals surface area (Å²) in [5.74, 6) is -2.24. The van der Waals surface area contributed by atoms with Crippen molar-refractivity contribution in [1.29, 1.82) is 0 Å². The quantitative estimate of drug-likeness (QED) is 0.584. The van der Waals surface area contributed by atoms with E-state index in [-0.39, 0.29) is 11.5 Å². The second-order valence-corrected chi connectivity index (χ2v) is 2.58. The number of aromatic nitrogens is 2. The minimum absolute atomic E-state index is 0.133. The smallest absolute Gasteiger partial charge is 0.322 e. The average Bonchev–Trinajstić information content (AvgIpc) is 2.10. The van der Waals surface area contributed by atoms with Gasteiger partial charge in [-0.1, -0.05) is 0 Å². The first-order chi connectivity index (χ1) is 6.50. The first-order valence-electron chi connectivity index (χ1n) is 3.73. The lowest BCUT2D eigenvalue weighted by Gasteiger charge is -2.02. The number of anilines is 1. The lowest BCUT2D eigenvalue weighted by atomic mass is 10.4. The van der Waals surface area contributed by atoms with Crippen LogP contribution in [0.25, 0.3) is 0 Å². The first-order valence-corrected chi connectivity index (χ1v) is 3.73. The summed E-state index contributed by atoms with van der Waals surface area (Å²) >= 11 is 0. The van der Waals surface area contributed by atoms with Crippen molar-refractivity contribution < 1.29 is 14.3 Å². The van der Waals surface area contributed by atoms with Gasteiger partial charge in [0.05, 0.1) is 5.56 Å². The minimum Gasteiger partial charge on any atom is -0.480 e. The molecule has 1 aromatic rings. The molecule has 0 saturated carbocycles. The zero-order valence-electron chi connectivity index (χ0n) is 7.30. The Morgan fingerprint density at radius 2 is 2.36 bits per heavy atom. The third-order valence-corrected chi connectivity index (χ3v) is 1.50. The van der Waals surface area contributed by atoms with E-state index >= 15 is 0 Å². The maximum atomic E-state index is 12.8. The second kappa shape index (κ2) is 3.86. The molecule has 0 saturated heterocycles. The van der Waals surface area contributed by atoms with Gasteiger partial charge in [-0.05, 0) is 6.92 Å². The standard InChI is InChI=1S/C7H8FN3O3/c1-3-5(8)10-7(11-6(3)14)9-2-4(12)13/h2H2,1H3,(H,12,13)(H2,9,10,11,14). The number of H-pyrrole nitrogens is 1. The molecule has 0 aliphatic rings. The van der Waals surface area contributed by atoms with Gasteiger partial charge in [0.2, 0.25) is 11.9 Å². The number of carboxylic acid groups (broad SMARTS) is 1. The Morgan fingerprint density at radius 1 is 1.71 bits per heavy atom. The van der Waals surface area contributed by atoms with Gasteiger partial charge in [0, 0.05) is 0 Å². The molecule has 1 aromatic heterocycles. The number of carboxylic acids is 1. The molecule has 0 aliphatic carbocycles. The molecule has 1 rings (SSSR count). The highest BCUT2D eigenvalue weighted by atomic mass is 19.1. The number of aliphatic carboxylic acids is 1. The fraction of sp³-hybridized carbons (Fsp3) is 0.286. The predicted molar refractivity (Wildman–Crippen MR) is 45.7 cm³/mol. The number of aromatic amines is 1. The SMILES string of the molecule is Cc1c(F)nc(NCC(=O)O)[nH]c1=O. The third-order valence-electron chi connectivity index (χ3n) is 1.50. The summed E-state index contributed by atoms with van der Waals surface area (Å²) in [5.41, 5.74) is -0.767. The lowest BCUT2D eigenvalue weighted by Crippen LogP contribution is -2.20. The Morgan fingerprint density at radius 3 is 2.86 bits per heavy atom. The normalized spacial score (nSPS) is 9.86. The summed E-state index contributed by atoms with van der Waals surface area (Å²) in [6.45, 7) is 0.841. The van der Waals surface area contributed by atoms with E-state index < -0.39 is 24.0 Å². The van der Waals surface area contributed by atoms with Gasteiger partial charge in [0.15, 0.2) is 0 Å². The monoisotopic (exact) mass is 201 g/mol. The number of nitrogens with one attached hydrogen (secondary N) is 2. The van der Waals surface area contributed by atoms with Crippen LogP contribution in [0.15, 0.2) is 4.79 Å². The topological polar surface area (TPSA) is 95.1 Å². The van der Waals surface area contributed by atoms with Gasteiger partial charge in [0.25, 0.3) is 5.56 Å². The van der Waals surface area contributed by atoms with Crippen molar-refractivity contribution in [3.63, 3.8) is 0 Å². The molecule has 14 heavy (non-hydrogen) atoms. The van der Waals surface area contributed by atoms with Crippen LogP contribution in [0.4, 0.5) is 10.3 Å². The van der Waals surface area contributed by atoms with E-state index in [1.54, 1.807) is 0 Å². The lowest BCUT2D eigenvalue weighted by molar-refractivity contribution is -0.134. The molecule has 1 heterocycles. The molecule has 6 nitrogen and oxygen atoms in total. The first kappa shape index (κ1) is 10.2. The van der Waals surface area contributed by atoms with Crippen molar-refractivity contribution >= 4 is 11.9 Å². The number of hydrogen-bond donors (Lipinski definition) is 3. The van der Waals surface area contributed by atoms with Crippen LogP contribution >= 0.6 is 0 Å². The van der Waals surface area contributed by atoms with Crippen LogP contribution in [-0.2, 0) is 4.79 Å². The number of rotatable bonds is 3. The summed E-state index contributed by atoms with van der Waals surface area (Å²) in [6.07, 6.45) is 0. The molecular weight excluding hydrogens is 193 g/mol. The van der Waals surface area contributed by atoms with Crippen LogP contribution in [0.3, 0.4) is 0 Å². The van der Waals surface area contributed by atoms with E-state index in [4.69, 9.17) is 5.11 Å². The van der Waals surface area contributed by atoms with Gasteiger partial charge in [-0.25, -0.2) is 0 Å². The van der Waals surface area contributed by atoms with E-state index in [9.17, 15) is 14.0 Å². The largest absolute Gasteiger partial charge is 0.480 e. The Bertz CT molecular complexity index is 415.